The summed E-state index contributed by atoms with van der Waals surface area (Å²) < 4.78 is 16.5. The van der Waals surface area contributed by atoms with Gasteiger partial charge in [0.25, 0.3) is 0 Å². The van der Waals surface area contributed by atoms with E-state index in [-0.39, 0.29) is 12.4 Å². The fraction of sp³-hybridized carbons (Fsp3) is 0.625. The Labute approximate surface area is 144 Å². The first kappa shape index (κ1) is 21.3. The smallest absolute Gasteiger partial charge is 0.179 e. The standard InChI is InChI=1S/C16H26ClNO3.ClH/c1-4-19-9-7-8-18-12-13-10-14(17)16(21-6-3)15(11-13)20-5-2;/h10-11,18H,4-9,12H2,1-3H3;1H. The van der Waals surface area contributed by atoms with Crippen molar-refractivity contribution in [1.82, 2.24) is 5.32 Å². The van der Waals surface area contributed by atoms with Crippen molar-refractivity contribution in [2.45, 2.75) is 33.7 Å². The van der Waals surface area contributed by atoms with Gasteiger partial charge in [0.05, 0.1) is 18.2 Å². The Morgan fingerprint density at radius 3 is 2.41 bits per heavy atom. The zero-order valence-corrected chi connectivity index (χ0v) is 15.2. The quantitative estimate of drug-likeness (QED) is 0.610. The minimum absolute atomic E-state index is 0. The van der Waals surface area contributed by atoms with Gasteiger partial charge in [-0.3, -0.25) is 0 Å². The molecule has 0 aliphatic carbocycles. The van der Waals surface area contributed by atoms with Crippen molar-refractivity contribution in [3.8, 4) is 11.5 Å². The van der Waals surface area contributed by atoms with Gasteiger partial charge in [-0.25, -0.2) is 0 Å². The summed E-state index contributed by atoms with van der Waals surface area (Å²) in [5, 5.41) is 3.97. The van der Waals surface area contributed by atoms with E-state index in [1.807, 2.05) is 32.9 Å². The van der Waals surface area contributed by atoms with Crippen LogP contribution in [0.15, 0.2) is 12.1 Å². The van der Waals surface area contributed by atoms with Gasteiger partial charge in [0, 0.05) is 19.8 Å². The Morgan fingerprint density at radius 1 is 1.05 bits per heavy atom. The summed E-state index contributed by atoms with van der Waals surface area (Å²) in [6, 6.07) is 3.90. The molecule has 0 saturated carbocycles. The molecule has 1 N–H and O–H groups in total. The lowest BCUT2D eigenvalue weighted by Crippen LogP contribution is -2.16. The van der Waals surface area contributed by atoms with Gasteiger partial charge < -0.3 is 19.5 Å². The molecule has 1 rings (SSSR count). The molecule has 0 fully saturated rings. The lowest BCUT2D eigenvalue weighted by molar-refractivity contribution is 0.144. The molecule has 0 spiro atoms. The predicted molar refractivity (Wildman–Crippen MR) is 93.9 cm³/mol. The van der Waals surface area contributed by atoms with Gasteiger partial charge in [-0.2, -0.15) is 0 Å². The van der Waals surface area contributed by atoms with Crippen LogP contribution in [-0.2, 0) is 11.3 Å². The van der Waals surface area contributed by atoms with Crippen LogP contribution in [0.25, 0.3) is 0 Å². The third-order valence-corrected chi connectivity index (χ3v) is 3.11. The van der Waals surface area contributed by atoms with Crippen LogP contribution >= 0.6 is 24.0 Å². The summed E-state index contributed by atoms with van der Waals surface area (Å²) >= 11 is 6.28. The molecule has 6 heteroatoms. The molecule has 0 heterocycles. The highest BCUT2D eigenvalue weighted by molar-refractivity contribution is 6.32. The van der Waals surface area contributed by atoms with Gasteiger partial charge in [-0.15, -0.1) is 12.4 Å². The van der Waals surface area contributed by atoms with E-state index in [1.54, 1.807) is 0 Å². The minimum atomic E-state index is 0. The average Bonchev–Trinajstić information content (AvgIpc) is 2.46. The van der Waals surface area contributed by atoms with E-state index in [2.05, 4.69) is 5.32 Å². The maximum absolute atomic E-state index is 6.28. The molecule has 1 aromatic carbocycles. The van der Waals surface area contributed by atoms with E-state index in [1.165, 1.54) is 0 Å². The van der Waals surface area contributed by atoms with Crippen molar-refractivity contribution in [3.63, 3.8) is 0 Å². The van der Waals surface area contributed by atoms with Crippen LogP contribution in [-0.4, -0.2) is 33.0 Å². The second-order valence-corrected chi connectivity index (χ2v) is 4.91. The van der Waals surface area contributed by atoms with Gasteiger partial charge in [0.2, 0.25) is 0 Å². The maximum atomic E-state index is 6.28. The van der Waals surface area contributed by atoms with Crippen molar-refractivity contribution < 1.29 is 14.2 Å². The summed E-state index contributed by atoms with van der Waals surface area (Å²) in [4.78, 5) is 0. The number of hydrogen-bond donors (Lipinski definition) is 1. The third-order valence-electron chi connectivity index (χ3n) is 2.83. The maximum Gasteiger partial charge on any atom is 0.179 e. The van der Waals surface area contributed by atoms with Crippen LogP contribution in [0.3, 0.4) is 0 Å². The van der Waals surface area contributed by atoms with Crippen molar-refractivity contribution in [2.75, 3.05) is 33.0 Å². The Hall–Kier alpha value is -0.680. The van der Waals surface area contributed by atoms with Crippen LogP contribution in [0.5, 0.6) is 11.5 Å². The molecule has 0 aliphatic rings. The molecule has 0 unspecified atom stereocenters. The van der Waals surface area contributed by atoms with Crippen LogP contribution in [0, 0.1) is 0 Å². The summed E-state index contributed by atoms with van der Waals surface area (Å²) in [5.74, 6) is 1.33. The van der Waals surface area contributed by atoms with E-state index in [4.69, 9.17) is 25.8 Å². The van der Waals surface area contributed by atoms with E-state index >= 15 is 0 Å². The second-order valence-electron chi connectivity index (χ2n) is 4.50. The van der Waals surface area contributed by atoms with E-state index in [9.17, 15) is 0 Å². The summed E-state index contributed by atoms with van der Waals surface area (Å²) in [6.45, 7) is 10.3. The van der Waals surface area contributed by atoms with E-state index < -0.39 is 0 Å². The van der Waals surface area contributed by atoms with E-state index in [0.29, 0.717) is 29.7 Å². The predicted octanol–water partition coefficient (Wildman–Crippen LogP) is 4.08. The lowest BCUT2D eigenvalue weighted by atomic mass is 10.2. The normalized spacial score (nSPS) is 10.2. The van der Waals surface area contributed by atoms with Gasteiger partial charge in [0.15, 0.2) is 11.5 Å². The highest BCUT2D eigenvalue weighted by Crippen LogP contribution is 2.36. The number of nitrogens with one attached hydrogen (secondary N) is 1. The third kappa shape index (κ3) is 7.54. The van der Waals surface area contributed by atoms with Crippen molar-refractivity contribution >= 4 is 24.0 Å². The van der Waals surface area contributed by atoms with Gasteiger partial charge in [-0.1, -0.05) is 11.6 Å². The molecule has 0 radical (unpaired) electrons. The Balaban J connectivity index is 0.00000441. The van der Waals surface area contributed by atoms with Crippen LogP contribution in [0.4, 0.5) is 0 Å². The molecule has 0 bridgehead atoms. The first-order chi connectivity index (χ1) is 10.2. The van der Waals surface area contributed by atoms with Crippen molar-refractivity contribution in [2.24, 2.45) is 0 Å². The van der Waals surface area contributed by atoms with Crippen molar-refractivity contribution in [1.29, 1.82) is 0 Å². The van der Waals surface area contributed by atoms with E-state index in [0.717, 1.165) is 38.3 Å². The van der Waals surface area contributed by atoms with Crippen molar-refractivity contribution in [3.05, 3.63) is 22.7 Å². The topological polar surface area (TPSA) is 39.7 Å². The lowest BCUT2D eigenvalue weighted by Gasteiger charge is -2.14. The van der Waals surface area contributed by atoms with Gasteiger partial charge >= 0.3 is 0 Å². The highest BCUT2D eigenvalue weighted by Gasteiger charge is 2.11. The molecule has 0 aliphatic heterocycles. The molecule has 1 aromatic rings. The molecule has 0 saturated heterocycles. The number of benzene rings is 1. The minimum Gasteiger partial charge on any atom is -0.490 e. The molecule has 0 amide bonds. The number of halogens is 2. The number of ether oxygens (including phenoxy) is 3. The SMILES string of the molecule is CCOCCCNCc1cc(Cl)c(OCC)c(OCC)c1.Cl. The number of hydrogen-bond acceptors (Lipinski definition) is 4. The average molecular weight is 352 g/mol. The largest absolute Gasteiger partial charge is 0.490 e. The summed E-state index contributed by atoms with van der Waals surface area (Å²) in [5.41, 5.74) is 1.09. The first-order valence-electron chi connectivity index (χ1n) is 7.59. The summed E-state index contributed by atoms with van der Waals surface area (Å²) in [6.07, 6.45) is 0.997. The highest BCUT2D eigenvalue weighted by atomic mass is 35.5. The monoisotopic (exact) mass is 351 g/mol. The van der Waals surface area contributed by atoms with Crippen LogP contribution < -0.4 is 14.8 Å². The second kappa shape index (κ2) is 12.8. The fourth-order valence-electron chi connectivity index (χ4n) is 1.95. The fourth-order valence-corrected chi connectivity index (χ4v) is 2.23. The molecular weight excluding hydrogens is 325 g/mol. The summed E-state index contributed by atoms with van der Waals surface area (Å²) in [7, 11) is 0. The molecule has 4 nitrogen and oxygen atoms in total. The Kier molecular flexibility index (Phi) is 12.4. The molecule has 0 aromatic heterocycles. The molecule has 0 atom stereocenters. The molecule has 22 heavy (non-hydrogen) atoms. The first-order valence-corrected chi connectivity index (χ1v) is 7.97. The van der Waals surface area contributed by atoms with Gasteiger partial charge in [0.1, 0.15) is 0 Å². The number of rotatable bonds is 11. The Bertz CT molecular complexity index is 417. The molecular formula is C16H27Cl2NO3. The van der Waals surface area contributed by atoms with Crippen LogP contribution in [0.1, 0.15) is 32.8 Å². The van der Waals surface area contributed by atoms with Gasteiger partial charge in [-0.05, 0) is 51.4 Å². The zero-order valence-electron chi connectivity index (χ0n) is 13.6. The molecule has 128 valence electrons. The van der Waals surface area contributed by atoms with Crippen LogP contribution in [0.2, 0.25) is 5.02 Å². The Morgan fingerprint density at radius 2 is 1.77 bits per heavy atom. The zero-order chi connectivity index (χ0) is 15.5.